The van der Waals surface area contributed by atoms with Gasteiger partial charge in [0.15, 0.2) is 0 Å². The number of halogens is 1. The molecule has 1 saturated heterocycles. The summed E-state index contributed by atoms with van der Waals surface area (Å²) in [6, 6.07) is 4.03. The fourth-order valence-electron chi connectivity index (χ4n) is 1.68. The first-order chi connectivity index (χ1) is 7.77. The highest BCUT2D eigenvalue weighted by Crippen LogP contribution is 2.12. The van der Waals surface area contributed by atoms with Crippen LogP contribution in [-0.4, -0.2) is 43.7 Å². The third kappa shape index (κ3) is 3.96. The third-order valence-corrected chi connectivity index (χ3v) is 3.41. The van der Waals surface area contributed by atoms with Crippen LogP contribution in [0.25, 0.3) is 0 Å². The van der Waals surface area contributed by atoms with E-state index in [2.05, 4.69) is 5.32 Å². The van der Waals surface area contributed by atoms with Gasteiger partial charge in [0.1, 0.15) is 6.10 Å². The molecule has 1 unspecified atom stereocenters. The van der Waals surface area contributed by atoms with Crippen LogP contribution in [0.3, 0.4) is 0 Å². The molecule has 1 aliphatic rings. The van der Waals surface area contributed by atoms with Crippen LogP contribution < -0.4 is 5.32 Å². The van der Waals surface area contributed by atoms with Crippen molar-refractivity contribution in [2.45, 2.75) is 12.6 Å². The first-order valence-electron chi connectivity index (χ1n) is 5.37. The van der Waals surface area contributed by atoms with Gasteiger partial charge < -0.3 is 15.0 Å². The highest BCUT2D eigenvalue weighted by Gasteiger charge is 2.24. The number of rotatable bonds is 3. The molecule has 0 spiro atoms. The number of likely N-dealkylation sites (N-methyl/N-ethyl adjacent to an activating group) is 1. The molecule has 17 heavy (non-hydrogen) atoms. The van der Waals surface area contributed by atoms with Crippen molar-refractivity contribution in [1.82, 2.24) is 10.2 Å². The molecule has 1 N–H and O–H groups in total. The van der Waals surface area contributed by atoms with Gasteiger partial charge in [0, 0.05) is 25.0 Å². The van der Waals surface area contributed by atoms with E-state index in [9.17, 15) is 4.79 Å². The Hall–Kier alpha value is -0.620. The van der Waals surface area contributed by atoms with Crippen LogP contribution in [0.15, 0.2) is 17.5 Å². The maximum Gasteiger partial charge on any atom is 0.253 e. The Bertz CT molecular complexity index is 339. The molecule has 0 aromatic carbocycles. The number of nitrogens with zero attached hydrogens (tertiary/aromatic N) is 1. The van der Waals surface area contributed by atoms with Crippen molar-refractivity contribution >= 4 is 29.7 Å². The van der Waals surface area contributed by atoms with Gasteiger partial charge in [-0.05, 0) is 11.4 Å². The lowest BCUT2D eigenvalue weighted by Crippen LogP contribution is -2.48. The molecule has 1 aromatic rings. The summed E-state index contributed by atoms with van der Waals surface area (Å²) >= 11 is 1.66. The number of morpholine rings is 1. The van der Waals surface area contributed by atoms with Crippen LogP contribution in [0.4, 0.5) is 0 Å². The van der Waals surface area contributed by atoms with Crippen LogP contribution in [0.5, 0.6) is 0 Å². The smallest absolute Gasteiger partial charge is 0.253 e. The molecule has 0 saturated carbocycles. The summed E-state index contributed by atoms with van der Waals surface area (Å²) < 4.78 is 5.43. The number of carbonyl (C=O) groups is 1. The van der Waals surface area contributed by atoms with Crippen molar-refractivity contribution in [3.63, 3.8) is 0 Å². The van der Waals surface area contributed by atoms with Gasteiger partial charge in [-0.15, -0.1) is 23.7 Å². The molecule has 0 bridgehead atoms. The fourth-order valence-corrected chi connectivity index (χ4v) is 2.44. The lowest BCUT2D eigenvalue weighted by Gasteiger charge is -2.27. The van der Waals surface area contributed by atoms with E-state index in [0.29, 0.717) is 19.7 Å². The minimum Gasteiger partial charge on any atom is -0.366 e. The highest BCUT2D eigenvalue weighted by atomic mass is 35.5. The number of thiophene rings is 1. The van der Waals surface area contributed by atoms with Crippen LogP contribution in [0, 0.1) is 0 Å². The predicted molar refractivity (Wildman–Crippen MR) is 70.7 cm³/mol. The molecule has 1 fully saturated rings. The van der Waals surface area contributed by atoms with Gasteiger partial charge in [-0.1, -0.05) is 6.07 Å². The summed E-state index contributed by atoms with van der Waals surface area (Å²) in [5.74, 6) is 0.0561. The topological polar surface area (TPSA) is 41.6 Å². The highest BCUT2D eigenvalue weighted by molar-refractivity contribution is 7.09. The lowest BCUT2D eigenvalue weighted by atomic mass is 10.2. The SMILES string of the molecule is CN(Cc1cccs1)C(=O)C1CNCCO1.Cl. The van der Waals surface area contributed by atoms with Crippen molar-refractivity contribution in [1.29, 1.82) is 0 Å². The van der Waals surface area contributed by atoms with Gasteiger partial charge in [-0.2, -0.15) is 0 Å². The molecule has 2 rings (SSSR count). The van der Waals surface area contributed by atoms with Crippen LogP contribution in [0.2, 0.25) is 0 Å². The first-order valence-corrected chi connectivity index (χ1v) is 6.25. The zero-order chi connectivity index (χ0) is 11.4. The molecule has 1 aromatic heterocycles. The normalized spacial score (nSPS) is 19.5. The second-order valence-electron chi connectivity index (χ2n) is 3.84. The van der Waals surface area contributed by atoms with Crippen LogP contribution >= 0.6 is 23.7 Å². The maximum absolute atomic E-state index is 12.0. The average Bonchev–Trinajstić information content (AvgIpc) is 2.82. The molecular formula is C11H17ClN2O2S. The van der Waals surface area contributed by atoms with E-state index < -0.39 is 0 Å². The van der Waals surface area contributed by atoms with Gasteiger partial charge in [-0.25, -0.2) is 0 Å². The Labute approximate surface area is 111 Å². The van der Waals surface area contributed by atoms with E-state index in [0.717, 1.165) is 6.54 Å². The second-order valence-corrected chi connectivity index (χ2v) is 4.87. The Morgan fingerprint density at radius 3 is 3.12 bits per heavy atom. The third-order valence-electron chi connectivity index (χ3n) is 2.55. The Balaban J connectivity index is 0.00000144. The molecule has 4 nitrogen and oxygen atoms in total. The van der Waals surface area contributed by atoms with E-state index in [1.807, 2.05) is 24.6 Å². The average molecular weight is 277 g/mol. The number of hydrogen-bond acceptors (Lipinski definition) is 4. The zero-order valence-electron chi connectivity index (χ0n) is 9.72. The Morgan fingerprint density at radius 2 is 2.53 bits per heavy atom. The molecule has 0 radical (unpaired) electrons. The molecule has 6 heteroatoms. The van der Waals surface area contributed by atoms with Gasteiger partial charge in [0.05, 0.1) is 13.2 Å². The summed E-state index contributed by atoms with van der Waals surface area (Å²) in [5.41, 5.74) is 0. The van der Waals surface area contributed by atoms with Gasteiger partial charge >= 0.3 is 0 Å². The van der Waals surface area contributed by atoms with E-state index in [1.54, 1.807) is 16.2 Å². The second kappa shape index (κ2) is 6.96. The summed E-state index contributed by atoms with van der Waals surface area (Å²) in [4.78, 5) is 14.9. The molecule has 2 heterocycles. The van der Waals surface area contributed by atoms with Gasteiger partial charge in [-0.3, -0.25) is 4.79 Å². The quantitative estimate of drug-likeness (QED) is 0.900. The van der Waals surface area contributed by atoms with Crippen molar-refractivity contribution < 1.29 is 9.53 Å². The first kappa shape index (κ1) is 14.4. The maximum atomic E-state index is 12.0. The number of amides is 1. The molecule has 1 amide bonds. The summed E-state index contributed by atoms with van der Waals surface area (Å²) in [7, 11) is 1.82. The van der Waals surface area contributed by atoms with Crippen LogP contribution in [0.1, 0.15) is 4.88 Å². The molecule has 1 aliphatic heterocycles. The largest absolute Gasteiger partial charge is 0.366 e. The Kier molecular flexibility index (Phi) is 5.91. The summed E-state index contributed by atoms with van der Waals surface area (Å²) in [5, 5.41) is 5.18. The molecule has 1 atom stereocenters. The van der Waals surface area contributed by atoms with Crippen molar-refractivity contribution in [2.24, 2.45) is 0 Å². The standard InChI is InChI=1S/C11H16N2O2S.ClH/c1-13(8-9-3-2-6-16-9)11(14)10-7-12-4-5-15-10;/h2-3,6,10,12H,4-5,7-8H2,1H3;1H. The molecular weight excluding hydrogens is 260 g/mol. The molecule has 0 aliphatic carbocycles. The van der Waals surface area contributed by atoms with E-state index in [1.165, 1.54) is 4.88 Å². The van der Waals surface area contributed by atoms with E-state index in [-0.39, 0.29) is 24.4 Å². The fraction of sp³-hybridized carbons (Fsp3) is 0.545. The summed E-state index contributed by atoms with van der Waals surface area (Å²) in [6.07, 6.45) is -0.321. The number of hydrogen-bond donors (Lipinski definition) is 1. The number of carbonyl (C=O) groups excluding carboxylic acids is 1. The van der Waals surface area contributed by atoms with Crippen LogP contribution in [-0.2, 0) is 16.1 Å². The minimum atomic E-state index is -0.321. The summed E-state index contributed by atoms with van der Waals surface area (Å²) in [6.45, 7) is 2.73. The predicted octanol–water partition coefficient (Wildman–Crippen LogP) is 1.12. The van der Waals surface area contributed by atoms with E-state index >= 15 is 0 Å². The number of ether oxygens (including phenoxy) is 1. The molecule has 96 valence electrons. The van der Waals surface area contributed by atoms with Gasteiger partial charge in [0.25, 0.3) is 5.91 Å². The minimum absolute atomic E-state index is 0. The van der Waals surface area contributed by atoms with Gasteiger partial charge in [0.2, 0.25) is 0 Å². The monoisotopic (exact) mass is 276 g/mol. The Morgan fingerprint density at radius 1 is 1.71 bits per heavy atom. The van der Waals surface area contributed by atoms with E-state index in [4.69, 9.17) is 4.74 Å². The van der Waals surface area contributed by atoms with Crippen molar-refractivity contribution in [2.75, 3.05) is 26.7 Å². The lowest BCUT2D eigenvalue weighted by molar-refractivity contribution is -0.144. The number of nitrogens with one attached hydrogen (secondary N) is 1. The van der Waals surface area contributed by atoms with Crippen molar-refractivity contribution in [3.8, 4) is 0 Å². The zero-order valence-corrected chi connectivity index (χ0v) is 11.4. The van der Waals surface area contributed by atoms with Crippen molar-refractivity contribution in [3.05, 3.63) is 22.4 Å².